The molecule has 7 heteroatoms. The SMILES string of the molecule is O=C(NCc1nc2ccccc2[nH]1)[C@@H]1CCCN1Cc1ccc(Cl)cc1Cl. The quantitative estimate of drug-likeness (QED) is 0.673. The minimum Gasteiger partial charge on any atom is -0.348 e. The van der Waals surface area contributed by atoms with E-state index in [2.05, 4.69) is 20.2 Å². The fourth-order valence-corrected chi connectivity index (χ4v) is 4.03. The van der Waals surface area contributed by atoms with Gasteiger partial charge in [0, 0.05) is 16.6 Å². The molecule has 1 atom stereocenters. The first kappa shape index (κ1) is 18.3. The summed E-state index contributed by atoms with van der Waals surface area (Å²) in [6, 6.07) is 13.2. The number of halogens is 2. The van der Waals surface area contributed by atoms with Gasteiger partial charge in [0.05, 0.1) is 23.6 Å². The molecule has 1 aliphatic rings. The molecular weight excluding hydrogens is 383 g/mol. The van der Waals surface area contributed by atoms with Crippen LogP contribution < -0.4 is 5.32 Å². The fourth-order valence-electron chi connectivity index (χ4n) is 3.56. The zero-order valence-corrected chi connectivity index (χ0v) is 16.2. The molecule has 140 valence electrons. The Labute approximate surface area is 167 Å². The van der Waals surface area contributed by atoms with Crippen LogP contribution in [0.25, 0.3) is 11.0 Å². The van der Waals surface area contributed by atoms with E-state index in [9.17, 15) is 4.79 Å². The maximum absolute atomic E-state index is 12.7. The maximum Gasteiger partial charge on any atom is 0.237 e. The summed E-state index contributed by atoms with van der Waals surface area (Å²) in [5, 5.41) is 4.26. The molecule has 3 aromatic rings. The summed E-state index contributed by atoms with van der Waals surface area (Å²) >= 11 is 12.3. The van der Waals surface area contributed by atoms with Gasteiger partial charge in [-0.2, -0.15) is 0 Å². The molecule has 1 aromatic heterocycles. The van der Waals surface area contributed by atoms with Crippen molar-refractivity contribution >= 4 is 40.1 Å². The van der Waals surface area contributed by atoms with Gasteiger partial charge in [0.1, 0.15) is 5.82 Å². The van der Waals surface area contributed by atoms with Crippen LogP contribution in [0, 0.1) is 0 Å². The van der Waals surface area contributed by atoms with E-state index < -0.39 is 0 Å². The number of hydrogen-bond acceptors (Lipinski definition) is 3. The normalized spacial score (nSPS) is 17.5. The van der Waals surface area contributed by atoms with Crippen LogP contribution in [0.1, 0.15) is 24.2 Å². The van der Waals surface area contributed by atoms with Crippen molar-refractivity contribution in [2.45, 2.75) is 32.0 Å². The second kappa shape index (κ2) is 7.89. The summed E-state index contributed by atoms with van der Waals surface area (Å²) in [7, 11) is 0. The molecule has 0 bridgehead atoms. The lowest BCUT2D eigenvalue weighted by atomic mass is 10.1. The average molecular weight is 403 g/mol. The van der Waals surface area contributed by atoms with Gasteiger partial charge < -0.3 is 10.3 Å². The van der Waals surface area contributed by atoms with Crippen LogP contribution in [-0.2, 0) is 17.9 Å². The highest BCUT2D eigenvalue weighted by molar-refractivity contribution is 6.35. The van der Waals surface area contributed by atoms with Crippen LogP contribution in [-0.4, -0.2) is 33.4 Å². The fraction of sp³-hybridized carbons (Fsp3) is 0.300. The predicted octanol–water partition coefficient (Wildman–Crippen LogP) is 4.15. The van der Waals surface area contributed by atoms with E-state index in [0.717, 1.165) is 41.8 Å². The van der Waals surface area contributed by atoms with Crippen LogP contribution in [0.2, 0.25) is 10.0 Å². The molecule has 0 saturated carbocycles. The number of para-hydroxylation sites is 2. The Balaban J connectivity index is 1.39. The number of hydrogen-bond donors (Lipinski definition) is 2. The molecule has 1 saturated heterocycles. The van der Waals surface area contributed by atoms with Crippen molar-refractivity contribution in [3.63, 3.8) is 0 Å². The number of nitrogens with one attached hydrogen (secondary N) is 2. The molecule has 0 spiro atoms. The zero-order valence-electron chi connectivity index (χ0n) is 14.7. The minimum atomic E-state index is -0.152. The number of H-pyrrole nitrogens is 1. The summed E-state index contributed by atoms with van der Waals surface area (Å²) in [5.74, 6) is 0.785. The molecular formula is C20H20Cl2N4O. The van der Waals surface area contributed by atoms with Crippen molar-refractivity contribution in [3.05, 3.63) is 63.9 Å². The molecule has 5 nitrogen and oxygen atoms in total. The van der Waals surface area contributed by atoms with Gasteiger partial charge in [-0.3, -0.25) is 9.69 Å². The Hall–Kier alpha value is -2.08. The van der Waals surface area contributed by atoms with Crippen LogP contribution in [0.5, 0.6) is 0 Å². The molecule has 0 aliphatic carbocycles. The number of likely N-dealkylation sites (tertiary alicyclic amines) is 1. The van der Waals surface area contributed by atoms with E-state index >= 15 is 0 Å². The summed E-state index contributed by atoms with van der Waals surface area (Å²) < 4.78 is 0. The van der Waals surface area contributed by atoms with Crippen molar-refractivity contribution in [2.24, 2.45) is 0 Å². The lowest BCUT2D eigenvalue weighted by molar-refractivity contribution is -0.125. The highest BCUT2D eigenvalue weighted by atomic mass is 35.5. The van der Waals surface area contributed by atoms with Gasteiger partial charge in [-0.15, -0.1) is 0 Å². The summed E-state index contributed by atoms with van der Waals surface area (Å²) in [6.45, 7) is 1.90. The molecule has 2 heterocycles. The lowest BCUT2D eigenvalue weighted by Crippen LogP contribution is -2.42. The molecule has 2 N–H and O–H groups in total. The number of amides is 1. The highest BCUT2D eigenvalue weighted by Crippen LogP contribution is 2.26. The van der Waals surface area contributed by atoms with Gasteiger partial charge in [0.15, 0.2) is 0 Å². The van der Waals surface area contributed by atoms with Gasteiger partial charge in [-0.1, -0.05) is 41.4 Å². The largest absolute Gasteiger partial charge is 0.348 e. The summed E-state index contributed by atoms with van der Waals surface area (Å²) in [4.78, 5) is 22.6. The first-order valence-electron chi connectivity index (χ1n) is 8.99. The molecule has 2 aromatic carbocycles. The Morgan fingerprint density at radius 1 is 1.26 bits per heavy atom. The summed E-state index contributed by atoms with van der Waals surface area (Å²) in [5.41, 5.74) is 2.86. The number of carbonyl (C=O) groups excluding carboxylic acids is 1. The number of fused-ring (bicyclic) bond motifs is 1. The summed E-state index contributed by atoms with van der Waals surface area (Å²) in [6.07, 6.45) is 1.84. The third kappa shape index (κ3) is 4.10. The Morgan fingerprint density at radius 2 is 2.11 bits per heavy atom. The standard InChI is InChI=1S/C20H20Cl2N4O/c21-14-8-7-13(15(22)10-14)12-26-9-3-6-18(26)20(27)23-11-19-24-16-4-1-2-5-17(16)25-19/h1-2,4-5,7-8,10,18H,3,6,9,11-12H2,(H,23,27)(H,24,25)/t18-/m0/s1. The van der Waals surface area contributed by atoms with Crippen LogP contribution in [0.15, 0.2) is 42.5 Å². The molecule has 0 radical (unpaired) electrons. The minimum absolute atomic E-state index is 0.0260. The predicted molar refractivity (Wildman–Crippen MR) is 108 cm³/mol. The first-order chi connectivity index (χ1) is 13.1. The van der Waals surface area contributed by atoms with E-state index in [-0.39, 0.29) is 11.9 Å². The number of aromatic nitrogens is 2. The molecule has 1 aliphatic heterocycles. The number of rotatable bonds is 5. The smallest absolute Gasteiger partial charge is 0.237 e. The van der Waals surface area contributed by atoms with E-state index in [1.807, 2.05) is 36.4 Å². The third-order valence-corrected chi connectivity index (χ3v) is 5.51. The van der Waals surface area contributed by atoms with Gasteiger partial charge in [0.25, 0.3) is 0 Å². The van der Waals surface area contributed by atoms with Gasteiger partial charge >= 0.3 is 0 Å². The van der Waals surface area contributed by atoms with Gasteiger partial charge in [0.2, 0.25) is 5.91 Å². The number of nitrogens with zero attached hydrogens (tertiary/aromatic N) is 2. The third-order valence-electron chi connectivity index (χ3n) is 4.92. The van der Waals surface area contributed by atoms with Crippen molar-refractivity contribution < 1.29 is 4.79 Å². The second-order valence-electron chi connectivity index (χ2n) is 6.78. The average Bonchev–Trinajstić information content (AvgIpc) is 3.28. The number of benzene rings is 2. The number of carbonyl (C=O) groups is 1. The van der Waals surface area contributed by atoms with Crippen molar-refractivity contribution in [3.8, 4) is 0 Å². The van der Waals surface area contributed by atoms with Gasteiger partial charge in [-0.25, -0.2) is 4.98 Å². The van der Waals surface area contributed by atoms with Crippen LogP contribution in [0.3, 0.4) is 0 Å². The van der Waals surface area contributed by atoms with Crippen molar-refractivity contribution in [1.82, 2.24) is 20.2 Å². The van der Waals surface area contributed by atoms with E-state index in [1.165, 1.54) is 0 Å². The van der Waals surface area contributed by atoms with Crippen molar-refractivity contribution in [2.75, 3.05) is 6.54 Å². The Kier molecular flexibility index (Phi) is 5.34. The number of aromatic amines is 1. The monoisotopic (exact) mass is 402 g/mol. The van der Waals surface area contributed by atoms with E-state index in [4.69, 9.17) is 23.2 Å². The first-order valence-corrected chi connectivity index (χ1v) is 9.75. The number of imidazole rings is 1. The Bertz CT molecular complexity index is 939. The molecule has 1 fully saturated rings. The zero-order chi connectivity index (χ0) is 18.8. The topological polar surface area (TPSA) is 61.0 Å². The van der Waals surface area contributed by atoms with Crippen LogP contribution >= 0.6 is 23.2 Å². The molecule has 4 rings (SSSR count). The van der Waals surface area contributed by atoms with Crippen LogP contribution in [0.4, 0.5) is 0 Å². The van der Waals surface area contributed by atoms with E-state index in [1.54, 1.807) is 6.07 Å². The Morgan fingerprint density at radius 3 is 2.93 bits per heavy atom. The maximum atomic E-state index is 12.7. The molecule has 27 heavy (non-hydrogen) atoms. The molecule has 1 amide bonds. The second-order valence-corrected chi connectivity index (χ2v) is 7.63. The lowest BCUT2D eigenvalue weighted by Gasteiger charge is -2.24. The van der Waals surface area contributed by atoms with Gasteiger partial charge in [-0.05, 0) is 49.2 Å². The highest BCUT2D eigenvalue weighted by Gasteiger charge is 2.30. The molecule has 0 unspecified atom stereocenters. The van der Waals surface area contributed by atoms with E-state index in [0.29, 0.717) is 23.1 Å². The van der Waals surface area contributed by atoms with Crippen molar-refractivity contribution in [1.29, 1.82) is 0 Å².